The summed E-state index contributed by atoms with van der Waals surface area (Å²) in [5.74, 6) is 2.28. The molecular weight excluding hydrogens is 370 g/mol. The van der Waals surface area contributed by atoms with Crippen molar-refractivity contribution in [2.45, 2.75) is 62.9 Å². The third kappa shape index (κ3) is 4.46. The molecule has 1 aliphatic heterocycles. The molecule has 2 aliphatic carbocycles. The average molecular weight is 397 g/mol. The molecule has 0 aromatic carbocycles. The predicted molar refractivity (Wildman–Crippen MR) is 108 cm³/mol. The van der Waals surface area contributed by atoms with E-state index in [1.165, 1.54) is 12.8 Å². The summed E-state index contributed by atoms with van der Waals surface area (Å²) in [5, 5.41) is 13.8. The van der Waals surface area contributed by atoms with Crippen molar-refractivity contribution in [2.24, 2.45) is 0 Å². The number of carbonyl (C=O) groups is 1. The summed E-state index contributed by atoms with van der Waals surface area (Å²) in [5.41, 5.74) is 3.11. The number of aromatic nitrogens is 3. The molecule has 3 heterocycles. The van der Waals surface area contributed by atoms with E-state index in [0.29, 0.717) is 30.9 Å². The van der Waals surface area contributed by atoms with Crippen molar-refractivity contribution in [2.75, 3.05) is 18.5 Å². The van der Waals surface area contributed by atoms with Crippen molar-refractivity contribution in [3.8, 4) is 5.88 Å². The Balaban J connectivity index is 1.38. The first-order valence-electron chi connectivity index (χ1n) is 10.6. The van der Waals surface area contributed by atoms with Crippen LogP contribution in [0.3, 0.4) is 0 Å². The standard InChI is InChI=1S/C21H27N5O3/c27-21-22-7-1-2-8-28-20-11-15(10-17(24-20)13-3-4-13)23-19-12-18(25-26-19)14-5-6-16(9-14)29-21/h10-14,16H,1-9H2,(H,22,27)(H2,23,25,26)/t14-,16+/m0/s1. The zero-order chi connectivity index (χ0) is 19.6. The molecule has 2 aromatic heterocycles. The molecule has 29 heavy (non-hydrogen) atoms. The van der Waals surface area contributed by atoms with Crippen LogP contribution in [0.25, 0.3) is 0 Å². The van der Waals surface area contributed by atoms with Crippen LogP contribution in [-0.4, -0.2) is 40.5 Å². The van der Waals surface area contributed by atoms with Crippen LogP contribution < -0.4 is 15.4 Å². The maximum Gasteiger partial charge on any atom is 0.407 e. The van der Waals surface area contributed by atoms with Gasteiger partial charge in [-0.05, 0) is 51.0 Å². The van der Waals surface area contributed by atoms with Gasteiger partial charge in [-0.2, -0.15) is 5.10 Å². The van der Waals surface area contributed by atoms with Gasteiger partial charge in [-0.15, -0.1) is 0 Å². The molecule has 0 unspecified atom stereocenters. The number of hydrogen-bond acceptors (Lipinski definition) is 6. The Morgan fingerprint density at radius 2 is 1.93 bits per heavy atom. The van der Waals surface area contributed by atoms with Crippen LogP contribution in [0, 0.1) is 0 Å². The zero-order valence-corrected chi connectivity index (χ0v) is 16.4. The average Bonchev–Trinajstić information content (AvgIpc) is 3.29. The van der Waals surface area contributed by atoms with E-state index in [1.807, 2.05) is 12.1 Å². The van der Waals surface area contributed by atoms with Crippen LogP contribution >= 0.6 is 0 Å². The van der Waals surface area contributed by atoms with Gasteiger partial charge < -0.3 is 20.1 Å². The summed E-state index contributed by atoms with van der Waals surface area (Å²) in [6.45, 7) is 1.15. The Labute approximate surface area is 169 Å². The quantitative estimate of drug-likeness (QED) is 0.673. The summed E-state index contributed by atoms with van der Waals surface area (Å²) >= 11 is 0. The van der Waals surface area contributed by atoms with Gasteiger partial charge in [0, 0.05) is 47.6 Å². The van der Waals surface area contributed by atoms with Crippen molar-refractivity contribution in [3.63, 3.8) is 0 Å². The number of rotatable bonds is 1. The Morgan fingerprint density at radius 1 is 1.03 bits per heavy atom. The molecular formula is C21H27N5O3. The van der Waals surface area contributed by atoms with E-state index in [0.717, 1.165) is 55.0 Å². The summed E-state index contributed by atoms with van der Waals surface area (Å²) in [7, 11) is 0. The molecule has 1 amide bonds. The molecule has 3 aliphatic rings. The molecule has 5 rings (SSSR count). The highest BCUT2D eigenvalue weighted by Gasteiger charge is 2.30. The van der Waals surface area contributed by atoms with Crippen molar-refractivity contribution < 1.29 is 14.3 Å². The van der Waals surface area contributed by atoms with Gasteiger partial charge in [-0.3, -0.25) is 5.10 Å². The first-order valence-corrected chi connectivity index (χ1v) is 10.6. The topological polar surface area (TPSA) is 101 Å². The van der Waals surface area contributed by atoms with Gasteiger partial charge >= 0.3 is 6.09 Å². The van der Waals surface area contributed by atoms with Crippen LogP contribution in [0.2, 0.25) is 0 Å². The Kier molecular flexibility index (Phi) is 4.99. The number of alkyl carbamates (subject to hydrolysis) is 1. The summed E-state index contributed by atoms with van der Waals surface area (Å²) < 4.78 is 11.5. The van der Waals surface area contributed by atoms with Crippen LogP contribution in [-0.2, 0) is 4.74 Å². The van der Waals surface area contributed by atoms with Crippen molar-refractivity contribution in [3.05, 3.63) is 29.6 Å². The summed E-state index contributed by atoms with van der Waals surface area (Å²) in [6, 6.07) is 6.09. The van der Waals surface area contributed by atoms with Crippen LogP contribution in [0.5, 0.6) is 5.88 Å². The van der Waals surface area contributed by atoms with E-state index in [1.54, 1.807) is 0 Å². The molecule has 2 saturated carbocycles. The minimum Gasteiger partial charge on any atom is -0.478 e. The van der Waals surface area contributed by atoms with Crippen molar-refractivity contribution in [1.29, 1.82) is 0 Å². The molecule has 8 heteroatoms. The first-order chi connectivity index (χ1) is 14.2. The molecule has 0 spiro atoms. The fourth-order valence-electron chi connectivity index (χ4n) is 4.13. The predicted octanol–water partition coefficient (Wildman–Crippen LogP) is 3.96. The molecule has 8 nitrogen and oxygen atoms in total. The number of carbonyl (C=O) groups excluding carboxylic acids is 1. The van der Waals surface area contributed by atoms with Gasteiger partial charge in [-0.1, -0.05) is 0 Å². The van der Waals surface area contributed by atoms with Gasteiger partial charge in [0.25, 0.3) is 0 Å². The van der Waals surface area contributed by atoms with Crippen LogP contribution in [0.1, 0.15) is 68.2 Å². The van der Waals surface area contributed by atoms with Crippen LogP contribution in [0.4, 0.5) is 16.3 Å². The number of H-pyrrole nitrogens is 1. The number of aromatic amines is 1. The van der Waals surface area contributed by atoms with E-state index in [2.05, 4.69) is 31.9 Å². The molecule has 2 aromatic rings. The molecule has 0 saturated heterocycles. The van der Waals surface area contributed by atoms with Gasteiger partial charge in [0.1, 0.15) is 6.10 Å². The van der Waals surface area contributed by atoms with E-state index < -0.39 is 0 Å². The van der Waals surface area contributed by atoms with Gasteiger partial charge in [0.05, 0.1) is 6.61 Å². The SMILES string of the molecule is O=C1NCCCCOc2cc(cc(C3CC3)n2)Nc2cc([nH]n2)[C@H]2CC[C@H](C2)O1. The second-order valence-electron chi connectivity index (χ2n) is 8.25. The second-order valence-corrected chi connectivity index (χ2v) is 8.25. The lowest BCUT2D eigenvalue weighted by atomic mass is 10.0. The number of hydrogen-bond donors (Lipinski definition) is 3. The Bertz CT molecular complexity index is 879. The maximum absolute atomic E-state index is 12.0. The number of nitrogens with zero attached hydrogens (tertiary/aromatic N) is 2. The lowest BCUT2D eigenvalue weighted by Crippen LogP contribution is -2.29. The monoisotopic (exact) mass is 397 g/mol. The lowest BCUT2D eigenvalue weighted by molar-refractivity contribution is 0.0999. The van der Waals surface area contributed by atoms with Crippen LogP contribution in [0.15, 0.2) is 18.2 Å². The normalized spacial score (nSPS) is 25.0. The maximum atomic E-state index is 12.0. The second kappa shape index (κ2) is 7.93. The van der Waals surface area contributed by atoms with E-state index in [4.69, 9.17) is 9.47 Å². The Morgan fingerprint density at radius 3 is 2.83 bits per heavy atom. The number of amides is 1. The highest BCUT2D eigenvalue weighted by Crippen LogP contribution is 2.41. The molecule has 3 N–H and O–H groups in total. The minimum absolute atomic E-state index is 0.0363. The molecule has 2 fully saturated rings. The van der Waals surface area contributed by atoms with Crippen molar-refractivity contribution in [1.82, 2.24) is 20.5 Å². The van der Waals surface area contributed by atoms with E-state index in [9.17, 15) is 4.79 Å². The third-order valence-corrected chi connectivity index (χ3v) is 5.88. The smallest absolute Gasteiger partial charge is 0.407 e. The third-order valence-electron chi connectivity index (χ3n) is 5.88. The lowest BCUT2D eigenvalue weighted by Gasteiger charge is -2.14. The van der Waals surface area contributed by atoms with Gasteiger partial charge in [0.2, 0.25) is 5.88 Å². The Hall–Kier alpha value is -2.77. The minimum atomic E-state index is -0.326. The highest BCUT2D eigenvalue weighted by atomic mass is 16.6. The molecule has 154 valence electrons. The van der Waals surface area contributed by atoms with Gasteiger partial charge in [-0.25, -0.2) is 9.78 Å². The fourth-order valence-corrected chi connectivity index (χ4v) is 4.13. The number of nitrogens with one attached hydrogen (secondary N) is 3. The highest BCUT2D eigenvalue weighted by molar-refractivity contribution is 5.67. The van der Waals surface area contributed by atoms with E-state index in [-0.39, 0.29) is 12.2 Å². The fraction of sp³-hybridized carbons (Fsp3) is 0.571. The van der Waals surface area contributed by atoms with Crippen molar-refractivity contribution >= 4 is 17.6 Å². The first kappa shape index (κ1) is 18.3. The molecule has 6 bridgehead atoms. The molecule has 2 atom stereocenters. The number of pyridine rings is 1. The number of anilines is 2. The van der Waals surface area contributed by atoms with E-state index >= 15 is 0 Å². The largest absolute Gasteiger partial charge is 0.478 e. The number of fused-ring (bicyclic) bond motifs is 7. The number of ether oxygens (including phenoxy) is 2. The summed E-state index contributed by atoms with van der Waals surface area (Å²) in [4.78, 5) is 16.7. The summed E-state index contributed by atoms with van der Waals surface area (Å²) in [6.07, 6.45) is 6.38. The zero-order valence-electron chi connectivity index (χ0n) is 16.4. The van der Waals surface area contributed by atoms with Gasteiger partial charge in [0.15, 0.2) is 5.82 Å². The molecule has 0 radical (unpaired) electrons.